The second-order valence-electron chi connectivity index (χ2n) is 3.84. The van der Waals surface area contributed by atoms with Gasteiger partial charge in [-0.2, -0.15) is 0 Å². The van der Waals surface area contributed by atoms with Crippen molar-refractivity contribution in [2.45, 2.75) is 13.1 Å². The van der Waals surface area contributed by atoms with Gasteiger partial charge in [-0.15, -0.1) is 0 Å². The maximum absolute atomic E-state index is 5.71. The average molecular weight is 291 g/mol. The van der Waals surface area contributed by atoms with Gasteiger partial charge in [-0.05, 0) is 29.3 Å². The predicted molar refractivity (Wildman–Crippen MR) is 75.8 cm³/mol. The summed E-state index contributed by atoms with van der Waals surface area (Å²) in [5, 5.41) is 3.39. The van der Waals surface area contributed by atoms with Crippen molar-refractivity contribution in [1.29, 1.82) is 0 Å². The van der Waals surface area contributed by atoms with Crippen molar-refractivity contribution in [3.63, 3.8) is 0 Å². The maximum atomic E-state index is 5.71. The Kier molecular flexibility index (Phi) is 4.18. The molecule has 2 aromatic rings. The second-order valence-corrected chi connectivity index (χ2v) is 4.75. The average Bonchev–Trinajstić information content (AvgIpc) is 2.37. The number of rotatable bonds is 4. The molecule has 88 valence electrons. The normalized spacial score (nSPS) is 10.2. The van der Waals surface area contributed by atoms with Crippen LogP contribution in [0.2, 0.25) is 0 Å². The van der Waals surface area contributed by atoms with Crippen LogP contribution in [-0.2, 0) is 13.1 Å². The summed E-state index contributed by atoms with van der Waals surface area (Å²) in [7, 11) is 0. The number of anilines is 1. The lowest BCUT2D eigenvalue weighted by molar-refractivity contribution is 1.01. The van der Waals surface area contributed by atoms with Crippen LogP contribution in [-0.4, -0.2) is 0 Å². The van der Waals surface area contributed by atoms with E-state index in [-0.39, 0.29) is 0 Å². The molecule has 0 saturated carbocycles. The lowest BCUT2D eigenvalue weighted by Gasteiger charge is -2.10. The van der Waals surface area contributed by atoms with Gasteiger partial charge < -0.3 is 11.1 Å². The molecule has 0 amide bonds. The van der Waals surface area contributed by atoms with Gasteiger partial charge in [0, 0.05) is 23.2 Å². The monoisotopic (exact) mass is 290 g/mol. The van der Waals surface area contributed by atoms with Gasteiger partial charge in [0.25, 0.3) is 0 Å². The third kappa shape index (κ3) is 3.32. The fourth-order valence-electron chi connectivity index (χ4n) is 1.72. The zero-order valence-corrected chi connectivity index (χ0v) is 11.1. The molecule has 0 aliphatic heterocycles. The Morgan fingerprint density at radius 1 is 1.00 bits per heavy atom. The van der Waals surface area contributed by atoms with Gasteiger partial charge in [0.15, 0.2) is 0 Å². The van der Waals surface area contributed by atoms with E-state index < -0.39 is 0 Å². The highest BCUT2D eigenvalue weighted by molar-refractivity contribution is 9.10. The first-order valence-corrected chi connectivity index (χ1v) is 6.35. The largest absolute Gasteiger partial charge is 0.381 e. The second kappa shape index (κ2) is 5.84. The highest BCUT2D eigenvalue weighted by Crippen LogP contribution is 2.17. The van der Waals surface area contributed by atoms with Crippen molar-refractivity contribution in [2.75, 3.05) is 5.32 Å². The van der Waals surface area contributed by atoms with E-state index in [0.29, 0.717) is 6.54 Å². The van der Waals surface area contributed by atoms with Crippen LogP contribution in [0, 0.1) is 0 Å². The van der Waals surface area contributed by atoms with Gasteiger partial charge in [-0.1, -0.05) is 46.3 Å². The number of nitrogens with one attached hydrogen (secondary N) is 1. The minimum absolute atomic E-state index is 0.580. The molecule has 0 spiro atoms. The maximum Gasteiger partial charge on any atom is 0.0404 e. The molecule has 0 saturated heterocycles. The number of hydrogen-bond acceptors (Lipinski definition) is 2. The molecular weight excluding hydrogens is 276 g/mol. The van der Waals surface area contributed by atoms with Gasteiger partial charge in [0.2, 0.25) is 0 Å². The molecular formula is C14H15BrN2. The fourth-order valence-corrected chi connectivity index (χ4v) is 2.12. The number of hydrogen-bond donors (Lipinski definition) is 2. The van der Waals surface area contributed by atoms with Crippen LogP contribution in [0.4, 0.5) is 5.69 Å². The summed E-state index contributed by atoms with van der Waals surface area (Å²) in [4.78, 5) is 0. The van der Waals surface area contributed by atoms with Crippen molar-refractivity contribution in [3.05, 3.63) is 64.1 Å². The summed E-state index contributed by atoms with van der Waals surface area (Å²) in [5.74, 6) is 0. The summed E-state index contributed by atoms with van der Waals surface area (Å²) >= 11 is 3.46. The predicted octanol–water partition coefficient (Wildman–Crippen LogP) is 3.52. The van der Waals surface area contributed by atoms with E-state index in [0.717, 1.165) is 16.7 Å². The molecule has 2 aromatic carbocycles. The molecule has 2 nitrogen and oxygen atoms in total. The van der Waals surface area contributed by atoms with Crippen LogP contribution < -0.4 is 11.1 Å². The first kappa shape index (κ1) is 12.1. The van der Waals surface area contributed by atoms with Crippen LogP contribution in [0.15, 0.2) is 53.0 Å². The van der Waals surface area contributed by atoms with Gasteiger partial charge in [-0.25, -0.2) is 0 Å². The number of benzene rings is 2. The van der Waals surface area contributed by atoms with Crippen LogP contribution in [0.3, 0.4) is 0 Å². The SMILES string of the molecule is NCc1ccccc1CNc1cccc(Br)c1. The Bertz CT molecular complexity index is 497. The van der Waals surface area contributed by atoms with Gasteiger partial charge >= 0.3 is 0 Å². The number of nitrogens with two attached hydrogens (primary N) is 1. The standard InChI is InChI=1S/C14H15BrN2/c15-13-6-3-7-14(8-13)17-10-12-5-2-1-4-11(12)9-16/h1-8,17H,9-10,16H2. The molecule has 3 N–H and O–H groups in total. The molecule has 0 bridgehead atoms. The summed E-state index contributed by atoms with van der Waals surface area (Å²) in [5.41, 5.74) is 9.25. The summed E-state index contributed by atoms with van der Waals surface area (Å²) < 4.78 is 1.08. The topological polar surface area (TPSA) is 38.0 Å². The van der Waals surface area contributed by atoms with E-state index in [1.54, 1.807) is 0 Å². The zero-order chi connectivity index (χ0) is 12.1. The highest BCUT2D eigenvalue weighted by atomic mass is 79.9. The van der Waals surface area contributed by atoms with Crippen molar-refractivity contribution in [2.24, 2.45) is 5.73 Å². The lowest BCUT2D eigenvalue weighted by atomic mass is 10.1. The van der Waals surface area contributed by atoms with Gasteiger partial charge in [0.05, 0.1) is 0 Å². The summed E-state index contributed by atoms with van der Waals surface area (Å²) in [6.07, 6.45) is 0. The van der Waals surface area contributed by atoms with E-state index in [9.17, 15) is 0 Å². The molecule has 0 aliphatic carbocycles. The number of halogens is 1. The third-order valence-corrected chi connectivity index (χ3v) is 3.14. The van der Waals surface area contributed by atoms with E-state index in [2.05, 4.69) is 45.5 Å². The Morgan fingerprint density at radius 3 is 2.47 bits per heavy atom. The van der Waals surface area contributed by atoms with Crippen LogP contribution in [0.1, 0.15) is 11.1 Å². The quantitative estimate of drug-likeness (QED) is 0.904. The molecule has 0 aliphatic rings. The van der Waals surface area contributed by atoms with Gasteiger partial charge in [-0.3, -0.25) is 0 Å². The van der Waals surface area contributed by atoms with Crippen molar-refractivity contribution >= 4 is 21.6 Å². The lowest BCUT2D eigenvalue weighted by Crippen LogP contribution is -2.06. The van der Waals surface area contributed by atoms with Crippen LogP contribution in [0.25, 0.3) is 0 Å². The summed E-state index contributed by atoms with van der Waals surface area (Å²) in [6, 6.07) is 16.4. The van der Waals surface area contributed by atoms with E-state index in [1.807, 2.05) is 24.3 Å². The molecule has 3 heteroatoms. The molecule has 0 atom stereocenters. The molecule has 17 heavy (non-hydrogen) atoms. The Hall–Kier alpha value is -1.32. The highest BCUT2D eigenvalue weighted by Gasteiger charge is 1.99. The zero-order valence-electron chi connectivity index (χ0n) is 9.49. The minimum Gasteiger partial charge on any atom is -0.381 e. The van der Waals surface area contributed by atoms with Crippen molar-refractivity contribution in [1.82, 2.24) is 0 Å². The Balaban J connectivity index is 2.07. The van der Waals surface area contributed by atoms with Crippen molar-refractivity contribution < 1.29 is 0 Å². The smallest absolute Gasteiger partial charge is 0.0404 e. The van der Waals surface area contributed by atoms with Crippen LogP contribution in [0.5, 0.6) is 0 Å². The third-order valence-electron chi connectivity index (χ3n) is 2.65. The van der Waals surface area contributed by atoms with Crippen molar-refractivity contribution in [3.8, 4) is 0 Å². The minimum atomic E-state index is 0.580. The Morgan fingerprint density at radius 2 is 1.76 bits per heavy atom. The first-order chi connectivity index (χ1) is 8.29. The summed E-state index contributed by atoms with van der Waals surface area (Å²) in [6.45, 7) is 1.38. The molecule has 0 unspecified atom stereocenters. The molecule has 0 radical (unpaired) electrons. The molecule has 0 heterocycles. The molecule has 0 fully saturated rings. The van der Waals surface area contributed by atoms with E-state index in [1.165, 1.54) is 11.1 Å². The molecule has 2 rings (SSSR count). The first-order valence-electron chi connectivity index (χ1n) is 5.56. The van der Waals surface area contributed by atoms with E-state index >= 15 is 0 Å². The van der Waals surface area contributed by atoms with Gasteiger partial charge in [0.1, 0.15) is 0 Å². The molecule has 0 aromatic heterocycles. The fraction of sp³-hybridized carbons (Fsp3) is 0.143. The Labute approximate surface area is 110 Å². The van der Waals surface area contributed by atoms with Crippen LogP contribution >= 0.6 is 15.9 Å². The van der Waals surface area contributed by atoms with E-state index in [4.69, 9.17) is 5.73 Å².